The molecule has 0 N–H and O–H groups in total. The lowest BCUT2D eigenvalue weighted by Gasteiger charge is -2.24. The molecule has 0 fully saturated rings. The molecular weight excluding hydrogens is 174 g/mol. The lowest BCUT2D eigenvalue weighted by molar-refractivity contribution is 0.375. The minimum atomic E-state index is 0.0559. The lowest BCUT2D eigenvalue weighted by atomic mass is 9.78. The second kappa shape index (κ2) is 3.11. The van der Waals surface area contributed by atoms with Gasteiger partial charge in [-0.05, 0) is 12.3 Å². The van der Waals surface area contributed by atoms with Gasteiger partial charge in [-0.25, -0.2) is 0 Å². The Morgan fingerprint density at radius 3 is 1.71 bits per heavy atom. The van der Waals surface area contributed by atoms with Gasteiger partial charge in [0.2, 0.25) is 0 Å². The van der Waals surface area contributed by atoms with E-state index in [2.05, 4.69) is 46.7 Å². The standard InChI is InChI=1S/C12H21NO/c1-8-9(11(2,3)4)10(13-14-8)12(5,6)7/h1-7H3. The normalized spacial score (nSPS) is 13.4. The van der Waals surface area contributed by atoms with Crippen LogP contribution in [0.25, 0.3) is 0 Å². The van der Waals surface area contributed by atoms with Gasteiger partial charge in [0.05, 0.1) is 5.69 Å². The van der Waals surface area contributed by atoms with E-state index < -0.39 is 0 Å². The molecule has 0 aliphatic heterocycles. The summed E-state index contributed by atoms with van der Waals surface area (Å²) in [5.74, 6) is 0.947. The van der Waals surface area contributed by atoms with E-state index in [1.54, 1.807) is 0 Å². The third-order valence-corrected chi connectivity index (χ3v) is 2.32. The van der Waals surface area contributed by atoms with Gasteiger partial charge in [-0.2, -0.15) is 0 Å². The Hall–Kier alpha value is -0.790. The Bertz CT molecular complexity index is 323. The highest BCUT2D eigenvalue weighted by Gasteiger charge is 2.31. The first-order valence-corrected chi connectivity index (χ1v) is 5.11. The summed E-state index contributed by atoms with van der Waals surface area (Å²) in [5.41, 5.74) is 2.50. The Morgan fingerprint density at radius 2 is 1.43 bits per heavy atom. The molecule has 0 unspecified atom stereocenters. The molecule has 1 aromatic heterocycles. The van der Waals surface area contributed by atoms with E-state index in [0.717, 1.165) is 11.5 Å². The van der Waals surface area contributed by atoms with E-state index in [4.69, 9.17) is 4.52 Å². The van der Waals surface area contributed by atoms with E-state index in [9.17, 15) is 0 Å². The second-order valence-corrected chi connectivity index (χ2v) is 5.96. The Kier molecular flexibility index (Phi) is 2.51. The molecule has 0 radical (unpaired) electrons. The van der Waals surface area contributed by atoms with E-state index in [1.807, 2.05) is 6.92 Å². The first-order valence-electron chi connectivity index (χ1n) is 5.11. The maximum atomic E-state index is 5.30. The Labute approximate surface area is 86.7 Å². The third-order valence-electron chi connectivity index (χ3n) is 2.32. The largest absolute Gasteiger partial charge is 0.361 e. The number of hydrogen-bond donors (Lipinski definition) is 0. The smallest absolute Gasteiger partial charge is 0.137 e. The summed E-state index contributed by atoms with van der Waals surface area (Å²) < 4.78 is 5.30. The predicted octanol–water partition coefficient (Wildman–Crippen LogP) is 3.58. The molecular formula is C12H21NO. The van der Waals surface area contributed by atoms with Crippen molar-refractivity contribution in [2.45, 2.75) is 59.3 Å². The zero-order chi connectivity index (χ0) is 11.1. The molecule has 80 valence electrons. The van der Waals surface area contributed by atoms with Crippen LogP contribution in [0, 0.1) is 6.92 Å². The monoisotopic (exact) mass is 195 g/mol. The first kappa shape index (κ1) is 11.3. The van der Waals surface area contributed by atoms with Crippen LogP contribution in [0.2, 0.25) is 0 Å². The van der Waals surface area contributed by atoms with Crippen molar-refractivity contribution < 1.29 is 4.52 Å². The minimum Gasteiger partial charge on any atom is -0.361 e. The minimum absolute atomic E-state index is 0.0559. The van der Waals surface area contributed by atoms with Crippen LogP contribution in [0.3, 0.4) is 0 Å². The summed E-state index contributed by atoms with van der Waals surface area (Å²) in [7, 11) is 0. The summed E-state index contributed by atoms with van der Waals surface area (Å²) in [6.07, 6.45) is 0. The van der Waals surface area contributed by atoms with Crippen LogP contribution in [0.15, 0.2) is 4.52 Å². The summed E-state index contributed by atoms with van der Waals surface area (Å²) in [6.45, 7) is 15.1. The molecule has 0 spiro atoms. The van der Waals surface area contributed by atoms with Crippen molar-refractivity contribution in [3.63, 3.8) is 0 Å². The van der Waals surface area contributed by atoms with Gasteiger partial charge in [-0.1, -0.05) is 46.7 Å². The highest BCUT2D eigenvalue weighted by Crippen LogP contribution is 2.35. The fraction of sp³-hybridized carbons (Fsp3) is 0.750. The molecule has 0 aliphatic carbocycles. The zero-order valence-corrected chi connectivity index (χ0v) is 10.4. The fourth-order valence-corrected chi connectivity index (χ4v) is 1.77. The molecule has 1 aromatic rings. The number of rotatable bonds is 0. The number of aryl methyl sites for hydroxylation is 1. The number of hydrogen-bond acceptors (Lipinski definition) is 2. The second-order valence-electron chi connectivity index (χ2n) is 5.96. The van der Waals surface area contributed by atoms with Gasteiger partial charge in [0.15, 0.2) is 0 Å². The van der Waals surface area contributed by atoms with Crippen LogP contribution in [-0.4, -0.2) is 5.16 Å². The van der Waals surface area contributed by atoms with Crippen LogP contribution < -0.4 is 0 Å². The van der Waals surface area contributed by atoms with Crippen LogP contribution in [-0.2, 0) is 10.8 Å². The Morgan fingerprint density at radius 1 is 0.929 bits per heavy atom. The van der Waals surface area contributed by atoms with Crippen LogP contribution in [0.1, 0.15) is 58.6 Å². The van der Waals surface area contributed by atoms with Crippen LogP contribution in [0.5, 0.6) is 0 Å². The molecule has 1 rings (SSSR count). The average Bonchev–Trinajstić information content (AvgIpc) is 2.27. The summed E-state index contributed by atoms with van der Waals surface area (Å²) in [4.78, 5) is 0. The van der Waals surface area contributed by atoms with Gasteiger partial charge < -0.3 is 4.52 Å². The molecule has 1 heterocycles. The highest BCUT2D eigenvalue weighted by molar-refractivity contribution is 5.33. The molecule has 2 heteroatoms. The van der Waals surface area contributed by atoms with Gasteiger partial charge in [-0.3, -0.25) is 0 Å². The van der Waals surface area contributed by atoms with Crippen molar-refractivity contribution >= 4 is 0 Å². The van der Waals surface area contributed by atoms with Crippen molar-refractivity contribution in [1.29, 1.82) is 0 Å². The average molecular weight is 195 g/mol. The topological polar surface area (TPSA) is 26.0 Å². The van der Waals surface area contributed by atoms with E-state index in [0.29, 0.717) is 0 Å². The maximum Gasteiger partial charge on any atom is 0.137 e. The molecule has 0 saturated heterocycles. The fourth-order valence-electron chi connectivity index (χ4n) is 1.77. The van der Waals surface area contributed by atoms with Crippen molar-refractivity contribution in [2.75, 3.05) is 0 Å². The van der Waals surface area contributed by atoms with E-state index in [1.165, 1.54) is 5.56 Å². The summed E-state index contributed by atoms with van der Waals surface area (Å²) >= 11 is 0. The van der Waals surface area contributed by atoms with Crippen molar-refractivity contribution in [1.82, 2.24) is 5.16 Å². The van der Waals surface area contributed by atoms with E-state index >= 15 is 0 Å². The summed E-state index contributed by atoms with van der Waals surface area (Å²) in [5, 5.41) is 4.18. The maximum absolute atomic E-state index is 5.30. The van der Waals surface area contributed by atoms with Crippen molar-refractivity contribution in [3.8, 4) is 0 Å². The Balaban J connectivity index is 3.35. The highest BCUT2D eigenvalue weighted by atomic mass is 16.5. The van der Waals surface area contributed by atoms with E-state index in [-0.39, 0.29) is 10.8 Å². The predicted molar refractivity (Wildman–Crippen MR) is 58.6 cm³/mol. The number of aromatic nitrogens is 1. The molecule has 0 aromatic carbocycles. The SMILES string of the molecule is Cc1onc(C(C)(C)C)c1C(C)(C)C. The summed E-state index contributed by atoms with van der Waals surface area (Å²) in [6, 6.07) is 0. The third kappa shape index (κ3) is 1.99. The quantitative estimate of drug-likeness (QED) is 0.632. The van der Waals surface area contributed by atoms with Crippen molar-refractivity contribution in [3.05, 3.63) is 17.0 Å². The molecule has 0 saturated carbocycles. The van der Waals surface area contributed by atoms with Gasteiger partial charge in [-0.15, -0.1) is 0 Å². The van der Waals surface area contributed by atoms with Gasteiger partial charge in [0.1, 0.15) is 5.76 Å². The van der Waals surface area contributed by atoms with Gasteiger partial charge in [0, 0.05) is 11.0 Å². The van der Waals surface area contributed by atoms with Crippen LogP contribution >= 0.6 is 0 Å². The first-order chi connectivity index (χ1) is 6.14. The molecule has 0 amide bonds. The molecule has 0 aliphatic rings. The molecule has 0 atom stereocenters. The molecule has 14 heavy (non-hydrogen) atoms. The molecule has 0 bridgehead atoms. The van der Waals surface area contributed by atoms with Gasteiger partial charge >= 0.3 is 0 Å². The van der Waals surface area contributed by atoms with Gasteiger partial charge in [0.25, 0.3) is 0 Å². The zero-order valence-electron chi connectivity index (χ0n) is 10.4. The molecule has 2 nitrogen and oxygen atoms in total. The number of nitrogens with zero attached hydrogens (tertiary/aromatic N) is 1. The lowest BCUT2D eigenvalue weighted by Crippen LogP contribution is -2.21. The van der Waals surface area contributed by atoms with Crippen molar-refractivity contribution in [2.24, 2.45) is 0 Å². The van der Waals surface area contributed by atoms with Crippen LogP contribution in [0.4, 0.5) is 0 Å².